The third-order valence-electron chi connectivity index (χ3n) is 1.91. The summed E-state index contributed by atoms with van der Waals surface area (Å²) in [6.07, 6.45) is 0. The minimum Gasteiger partial charge on any atom is -0.508 e. The van der Waals surface area contributed by atoms with E-state index in [9.17, 15) is 9.59 Å². The van der Waals surface area contributed by atoms with Gasteiger partial charge in [0.15, 0.2) is 0 Å². The minimum atomic E-state index is -0.687. The average Bonchev–Trinajstić information content (AvgIpc) is 2.16. The first kappa shape index (κ1) is 8.36. The number of hydrogen-bond donors (Lipinski definition) is 3. The summed E-state index contributed by atoms with van der Waals surface area (Å²) in [7, 11) is 0. The van der Waals surface area contributed by atoms with E-state index in [2.05, 4.69) is 4.98 Å². The predicted molar refractivity (Wildman–Crippen MR) is 50.6 cm³/mol. The highest BCUT2D eigenvalue weighted by atomic mass is 16.3. The highest BCUT2D eigenvalue weighted by molar-refractivity contribution is 5.78. The molecule has 0 bridgehead atoms. The van der Waals surface area contributed by atoms with E-state index < -0.39 is 11.2 Å². The van der Waals surface area contributed by atoms with Gasteiger partial charge in [0.2, 0.25) is 0 Å². The van der Waals surface area contributed by atoms with Crippen molar-refractivity contribution in [1.29, 1.82) is 0 Å². The van der Waals surface area contributed by atoms with E-state index in [1.165, 1.54) is 18.2 Å². The summed E-state index contributed by atoms with van der Waals surface area (Å²) >= 11 is 0. The molecule has 0 atom stereocenters. The number of H-pyrrole nitrogens is 1. The maximum Gasteiger partial charge on any atom is 0.347 e. The molecule has 0 aliphatic carbocycles. The molecule has 1 aromatic carbocycles. The monoisotopic (exact) mass is 193 g/mol. The number of hydrogen-bond acceptors (Lipinski definition) is 4. The zero-order chi connectivity index (χ0) is 10.3. The number of nitrogens with one attached hydrogen (secondary N) is 1. The molecule has 0 aliphatic heterocycles. The van der Waals surface area contributed by atoms with Crippen LogP contribution in [0.1, 0.15) is 0 Å². The Morgan fingerprint density at radius 2 is 2.07 bits per heavy atom. The molecule has 0 aliphatic rings. The molecule has 0 saturated heterocycles. The van der Waals surface area contributed by atoms with Crippen LogP contribution < -0.4 is 17.1 Å². The fourth-order valence-corrected chi connectivity index (χ4v) is 1.22. The number of phenolic OH excluding ortho intramolecular Hbond substituents is 1. The van der Waals surface area contributed by atoms with E-state index in [-0.39, 0.29) is 11.1 Å². The zero-order valence-electron chi connectivity index (χ0n) is 7.02. The Morgan fingerprint density at radius 3 is 2.79 bits per heavy atom. The Balaban J connectivity index is 3.07. The summed E-state index contributed by atoms with van der Waals surface area (Å²) in [5, 5.41) is 9.31. The van der Waals surface area contributed by atoms with Crippen LogP contribution in [0.2, 0.25) is 0 Å². The normalized spacial score (nSPS) is 10.6. The number of nitrogens with zero attached hydrogens (tertiary/aromatic N) is 1. The topological polar surface area (TPSA) is 101 Å². The molecule has 2 aromatic rings. The number of rotatable bonds is 0. The third kappa shape index (κ3) is 1.05. The quantitative estimate of drug-likeness (QED) is 0.472. The smallest absolute Gasteiger partial charge is 0.347 e. The van der Waals surface area contributed by atoms with E-state index in [0.717, 1.165) is 0 Å². The molecule has 0 saturated carbocycles. The summed E-state index contributed by atoms with van der Waals surface area (Å²) in [5.41, 5.74) is -0.979. The van der Waals surface area contributed by atoms with Crippen molar-refractivity contribution in [3.63, 3.8) is 0 Å². The summed E-state index contributed by atoms with van der Waals surface area (Å²) in [6, 6.07) is 4.06. The summed E-state index contributed by atoms with van der Waals surface area (Å²) in [5.74, 6) is 5.12. The Hall–Kier alpha value is -2.24. The molecular formula is C8H7N3O3. The van der Waals surface area contributed by atoms with Crippen LogP contribution in [0, 0.1) is 0 Å². The number of aromatic nitrogens is 2. The van der Waals surface area contributed by atoms with Crippen molar-refractivity contribution in [2.45, 2.75) is 0 Å². The Kier molecular flexibility index (Phi) is 1.57. The van der Waals surface area contributed by atoms with E-state index >= 15 is 0 Å². The predicted octanol–water partition coefficient (Wildman–Crippen LogP) is -0.891. The summed E-state index contributed by atoms with van der Waals surface area (Å²) in [6.45, 7) is 0. The third-order valence-corrected chi connectivity index (χ3v) is 1.91. The lowest BCUT2D eigenvalue weighted by Crippen LogP contribution is -2.40. The lowest BCUT2D eigenvalue weighted by atomic mass is 10.2. The van der Waals surface area contributed by atoms with E-state index in [1.54, 1.807) is 0 Å². The number of nitrogen functional groups attached to an aromatic ring is 1. The van der Waals surface area contributed by atoms with Crippen molar-refractivity contribution < 1.29 is 5.11 Å². The molecule has 4 N–H and O–H groups in total. The molecule has 6 nitrogen and oxygen atoms in total. The first-order chi connectivity index (χ1) is 6.59. The molecule has 2 rings (SSSR count). The van der Waals surface area contributed by atoms with Gasteiger partial charge in [-0.3, -0.25) is 4.79 Å². The van der Waals surface area contributed by atoms with Crippen molar-refractivity contribution in [3.05, 3.63) is 39.0 Å². The SMILES string of the molecule is Nn1c(=O)[nH]c2ccc(O)cc2c1=O. The van der Waals surface area contributed by atoms with Crippen molar-refractivity contribution in [2.75, 3.05) is 5.84 Å². The average molecular weight is 193 g/mol. The van der Waals surface area contributed by atoms with Crippen molar-refractivity contribution in [2.24, 2.45) is 0 Å². The maximum absolute atomic E-state index is 11.4. The number of aromatic amines is 1. The number of aromatic hydroxyl groups is 1. The van der Waals surface area contributed by atoms with Crippen LogP contribution in [0.3, 0.4) is 0 Å². The molecule has 0 spiro atoms. The number of nitrogens with two attached hydrogens (primary N) is 1. The van der Waals surface area contributed by atoms with Gasteiger partial charge in [0.05, 0.1) is 10.9 Å². The molecule has 0 unspecified atom stereocenters. The highest BCUT2D eigenvalue weighted by Gasteiger charge is 2.04. The van der Waals surface area contributed by atoms with Gasteiger partial charge in [0, 0.05) is 0 Å². The first-order valence-electron chi connectivity index (χ1n) is 3.83. The van der Waals surface area contributed by atoms with Gasteiger partial charge in [-0.05, 0) is 18.2 Å². The molecule has 0 amide bonds. The Bertz CT molecular complexity index is 611. The first-order valence-corrected chi connectivity index (χ1v) is 3.83. The van der Waals surface area contributed by atoms with E-state index in [4.69, 9.17) is 10.9 Å². The van der Waals surface area contributed by atoms with Crippen LogP contribution in [0.5, 0.6) is 5.75 Å². The zero-order valence-corrected chi connectivity index (χ0v) is 7.02. The molecule has 72 valence electrons. The van der Waals surface area contributed by atoms with Gasteiger partial charge in [0.25, 0.3) is 5.56 Å². The molecular weight excluding hydrogens is 186 g/mol. The van der Waals surface area contributed by atoms with Gasteiger partial charge in [-0.15, -0.1) is 0 Å². The van der Waals surface area contributed by atoms with Crippen LogP contribution in [-0.4, -0.2) is 14.8 Å². The summed E-state index contributed by atoms with van der Waals surface area (Å²) in [4.78, 5) is 24.9. The molecule has 0 radical (unpaired) electrons. The van der Waals surface area contributed by atoms with Gasteiger partial charge < -0.3 is 15.9 Å². The van der Waals surface area contributed by atoms with Crippen LogP contribution >= 0.6 is 0 Å². The molecule has 6 heteroatoms. The lowest BCUT2D eigenvalue weighted by molar-refractivity contribution is 0.476. The van der Waals surface area contributed by atoms with Crippen LogP contribution in [0.25, 0.3) is 10.9 Å². The molecule has 1 aromatic heterocycles. The number of phenols is 1. The maximum atomic E-state index is 11.4. The van der Waals surface area contributed by atoms with Crippen molar-refractivity contribution in [3.8, 4) is 5.75 Å². The molecule has 14 heavy (non-hydrogen) atoms. The van der Waals surface area contributed by atoms with Gasteiger partial charge in [0.1, 0.15) is 5.75 Å². The lowest BCUT2D eigenvalue weighted by Gasteiger charge is -2.00. The minimum absolute atomic E-state index is 0.0540. The Labute approximate surface area is 77.2 Å². The largest absolute Gasteiger partial charge is 0.508 e. The van der Waals surface area contributed by atoms with Gasteiger partial charge in [-0.2, -0.15) is 4.68 Å². The van der Waals surface area contributed by atoms with Crippen LogP contribution in [0.4, 0.5) is 0 Å². The fourth-order valence-electron chi connectivity index (χ4n) is 1.22. The van der Waals surface area contributed by atoms with Crippen LogP contribution in [-0.2, 0) is 0 Å². The van der Waals surface area contributed by atoms with Crippen molar-refractivity contribution in [1.82, 2.24) is 9.66 Å². The van der Waals surface area contributed by atoms with E-state index in [1.807, 2.05) is 0 Å². The second kappa shape index (κ2) is 2.63. The van der Waals surface area contributed by atoms with Gasteiger partial charge in [-0.25, -0.2) is 4.79 Å². The van der Waals surface area contributed by atoms with Gasteiger partial charge >= 0.3 is 5.69 Å². The summed E-state index contributed by atoms with van der Waals surface area (Å²) < 4.78 is 0.460. The fraction of sp³-hybridized carbons (Fsp3) is 0. The van der Waals surface area contributed by atoms with E-state index in [0.29, 0.717) is 10.2 Å². The van der Waals surface area contributed by atoms with Gasteiger partial charge in [-0.1, -0.05) is 0 Å². The molecule has 1 heterocycles. The standard InChI is InChI=1S/C8H7N3O3/c9-11-7(13)5-3-4(12)1-2-6(5)10-8(11)14/h1-3,12H,9H2,(H,10,14). The second-order valence-corrected chi connectivity index (χ2v) is 2.84. The second-order valence-electron chi connectivity index (χ2n) is 2.84. The Morgan fingerprint density at radius 1 is 1.36 bits per heavy atom. The van der Waals surface area contributed by atoms with Crippen LogP contribution in [0.15, 0.2) is 27.8 Å². The molecule has 0 fully saturated rings. The number of benzene rings is 1. The number of fused-ring (bicyclic) bond motifs is 1. The highest BCUT2D eigenvalue weighted by Crippen LogP contribution is 2.13. The van der Waals surface area contributed by atoms with Crippen molar-refractivity contribution >= 4 is 10.9 Å².